The number of aromatic nitrogens is 2. The van der Waals surface area contributed by atoms with Gasteiger partial charge in [0.05, 0.1) is 12.8 Å². The van der Waals surface area contributed by atoms with Gasteiger partial charge < -0.3 is 15.0 Å². The maximum absolute atomic E-state index is 14.2. The molecule has 2 aromatic rings. The summed E-state index contributed by atoms with van der Waals surface area (Å²) in [5.74, 6) is -3.87. The minimum Gasteiger partial charge on any atom is -0.433 e. The van der Waals surface area contributed by atoms with E-state index in [1.165, 1.54) is 30.5 Å². The van der Waals surface area contributed by atoms with Crippen molar-refractivity contribution in [1.29, 1.82) is 0 Å². The van der Waals surface area contributed by atoms with Crippen molar-refractivity contribution in [2.45, 2.75) is 44.8 Å². The molecule has 1 aliphatic heterocycles. The van der Waals surface area contributed by atoms with Crippen molar-refractivity contribution in [3.63, 3.8) is 0 Å². The molecule has 1 saturated heterocycles. The molecular formula is C21H25F4N5O4S. The average Bonchev–Trinajstić information content (AvgIpc) is 2.71. The van der Waals surface area contributed by atoms with E-state index in [4.69, 9.17) is 0 Å². The molecule has 2 N–H and O–H groups in total. The molecule has 1 amide bonds. The summed E-state index contributed by atoms with van der Waals surface area (Å²) in [4.78, 5) is 22.4. The molecule has 14 heteroatoms. The molecule has 1 fully saturated rings. The fourth-order valence-electron chi connectivity index (χ4n) is 3.52. The number of piperidine rings is 1. The van der Waals surface area contributed by atoms with Crippen molar-refractivity contribution in [2.75, 3.05) is 24.7 Å². The minimum atomic E-state index is -3.60. The lowest BCUT2D eigenvalue weighted by Crippen LogP contribution is -2.55. The van der Waals surface area contributed by atoms with Crippen molar-refractivity contribution in [1.82, 2.24) is 19.6 Å². The lowest BCUT2D eigenvalue weighted by molar-refractivity contribution is -0.158. The van der Waals surface area contributed by atoms with Crippen molar-refractivity contribution >= 4 is 27.6 Å². The van der Waals surface area contributed by atoms with Crippen LogP contribution in [0.4, 0.5) is 29.2 Å². The Morgan fingerprint density at radius 2 is 2.00 bits per heavy atom. The van der Waals surface area contributed by atoms with Gasteiger partial charge in [0.2, 0.25) is 10.0 Å². The molecule has 0 saturated carbocycles. The third kappa shape index (κ3) is 7.75. The van der Waals surface area contributed by atoms with Gasteiger partial charge in [-0.25, -0.2) is 31.9 Å². The van der Waals surface area contributed by atoms with E-state index in [9.17, 15) is 30.8 Å². The number of rotatable bonds is 8. The first-order valence-electron chi connectivity index (χ1n) is 10.5. The molecule has 0 radical (unpaired) electrons. The van der Waals surface area contributed by atoms with Gasteiger partial charge in [0.15, 0.2) is 0 Å². The fourth-order valence-corrected chi connectivity index (χ4v) is 4.02. The third-order valence-electron chi connectivity index (χ3n) is 5.11. The van der Waals surface area contributed by atoms with Gasteiger partial charge >= 0.3 is 6.11 Å². The highest BCUT2D eigenvalue weighted by Gasteiger charge is 2.43. The molecule has 1 aliphatic rings. The van der Waals surface area contributed by atoms with E-state index in [0.717, 1.165) is 11.2 Å². The van der Waals surface area contributed by atoms with E-state index < -0.39 is 47.0 Å². The molecule has 0 unspecified atom stereocenters. The number of amides is 1. The molecule has 2 aromatic heterocycles. The number of likely N-dealkylation sites (tertiary alicyclic amines) is 1. The second-order valence-corrected chi connectivity index (χ2v) is 10.2. The van der Waals surface area contributed by atoms with Gasteiger partial charge in [-0.2, -0.15) is 8.78 Å². The summed E-state index contributed by atoms with van der Waals surface area (Å²) >= 11 is 0. The quantitative estimate of drug-likeness (QED) is 0.515. The van der Waals surface area contributed by atoms with Crippen LogP contribution in [0.3, 0.4) is 0 Å². The summed E-state index contributed by atoms with van der Waals surface area (Å²) in [6.07, 6.45) is -1.82. The largest absolute Gasteiger partial charge is 0.433 e. The normalized spacial score (nSPS) is 18.3. The first kappa shape index (κ1) is 26.6. The summed E-state index contributed by atoms with van der Waals surface area (Å²) in [6.45, 7) is 1.07. The average molecular weight is 520 g/mol. The molecule has 35 heavy (non-hydrogen) atoms. The van der Waals surface area contributed by atoms with Crippen LogP contribution in [0.2, 0.25) is 0 Å². The second-order valence-electron chi connectivity index (χ2n) is 8.38. The number of sulfonamides is 1. The van der Waals surface area contributed by atoms with Gasteiger partial charge in [-0.3, -0.25) is 4.79 Å². The Kier molecular flexibility index (Phi) is 7.55. The highest BCUT2D eigenvalue weighted by atomic mass is 32.2. The molecule has 3 heterocycles. The predicted octanol–water partition coefficient (Wildman–Crippen LogP) is 3.31. The highest BCUT2D eigenvalue weighted by Crippen LogP contribution is 2.32. The second kappa shape index (κ2) is 9.93. The molecule has 192 valence electrons. The molecule has 3 rings (SSSR count). The maximum atomic E-state index is 14.2. The molecule has 1 atom stereocenters. The van der Waals surface area contributed by atoms with Gasteiger partial charge in [0.1, 0.15) is 23.1 Å². The minimum absolute atomic E-state index is 0.0984. The number of hydrogen-bond acceptors (Lipinski definition) is 7. The number of halogens is 4. The van der Waals surface area contributed by atoms with Crippen LogP contribution in [0.5, 0.6) is 5.75 Å². The SMILES string of the molecule is Cc1ccc(Nc2cc(OC(C)(F)F)ccn2)nc1C(=O)N1CC(F)(F)CC[C@@H]1CNS(C)(=O)=O. The third-order valence-corrected chi connectivity index (χ3v) is 5.80. The molecule has 0 bridgehead atoms. The Morgan fingerprint density at radius 3 is 2.66 bits per heavy atom. The van der Waals surface area contributed by atoms with Gasteiger partial charge in [0, 0.05) is 38.2 Å². The van der Waals surface area contributed by atoms with Crippen LogP contribution >= 0.6 is 0 Å². The number of ether oxygens (including phenoxy) is 1. The van der Waals surface area contributed by atoms with Gasteiger partial charge in [-0.05, 0) is 31.0 Å². The van der Waals surface area contributed by atoms with Crippen LogP contribution < -0.4 is 14.8 Å². The predicted molar refractivity (Wildman–Crippen MR) is 120 cm³/mol. The summed E-state index contributed by atoms with van der Waals surface area (Å²) < 4.78 is 84.3. The van der Waals surface area contributed by atoms with E-state index in [0.29, 0.717) is 12.5 Å². The van der Waals surface area contributed by atoms with Crippen LogP contribution in [-0.2, 0) is 10.0 Å². The van der Waals surface area contributed by atoms with E-state index in [1.807, 2.05) is 0 Å². The zero-order valence-corrected chi connectivity index (χ0v) is 20.0. The van der Waals surface area contributed by atoms with E-state index in [2.05, 4.69) is 24.7 Å². The highest BCUT2D eigenvalue weighted by molar-refractivity contribution is 7.88. The Bertz CT molecular complexity index is 1190. The van der Waals surface area contributed by atoms with Crippen LogP contribution in [0, 0.1) is 6.92 Å². The summed E-state index contributed by atoms with van der Waals surface area (Å²) in [6, 6.07) is 4.69. The van der Waals surface area contributed by atoms with E-state index in [-0.39, 0.29) is 36.0 Å². The van der Waals surface area contributed by atoms with Crippen LogP contribution in [-0.4, -0.2) is 66.6 Å². The van der Waals surface area contributed by atoms with Crippen molar-refractivity contribution in [3.05, 3.63) is 41.7 Å². The summed E-state index contributed by atoms with van der Waals surface area (Å²) in [5, 5.41) is 2.77. The van der Waals surface area contributed by atoms with E-state index in [1.54, 1.807) is 6.92 Å². The Labute approximate surface area is 199 Å². The van der Waals surface area contributed by atoms with Gasteiger partial charge in [-0.1, -0.05) is 6.07 Å². The standard InChI is InChI=1S/C21H25F4N5O4S/c1-13-4-5-16(28-17-10-15(7-9-26-17)34-20(2,22)23)29-18(13)19(31)30-12-21(24,25)8-6-14(30)11-27-35(3,32)33/h4-5,7,9-10,14,27H,6,8,11-12H2,1-3H3,(H,26,28,29)/t14-/m1/s1. The number of aryl methyl sites for hydroxylation is 1. The van der Waals surface area contributed by atoms with Crippen molar-refractivity contribution in [3.8, 4) is 5.75 Å². The zero-order valence-electron chi connectivity index (χ0n) is 19.2. The number of nitrogens with zero attached hydrogens (tertiary/aromatic N) is 3. The Morgan fingerprint density at radius 1 is 1.29 bits per heavy atom. The van der Waals surface area contributed by atoms with Crippen molar-refractivity contribution in [2.24, 2.45) is 0 Å². The maximum Gasteiger partial charge on any atom is 0.394 e. The Balaban J connectivity index is 1.85. The molecule has 0 spiro atoms. The molecular weight excluding hydrogens is 494 g/mol. The number of hydrogen-bond donors (Lipinski definition) is 2. The van der Waals surface area contributed by atoms with Crippen LogP contribution in [0.25, 0.3) is 0 Å². The van der Waals surface area contributed by atoms with Gasteiger partial charge in [0.25, 0.3) is 11.8 Å². The van der Waals surface area contributed by atoms with E-state index >= 15 is 0 Å². The van der Waals surface area contributed by atoms with Crippen LogP contribution in [0.15, 0.2) is 30.5 Å². The number of anilines is 2. The van der Waals surface area contributed by atoms with Crippen molar-refractivity contribution < 1.29 is 35.5 Å². The fraction of sp³-hybridized carbons (Fsp3) is 0.476. The number of carbonyl (C=O) groups is 1. The van der Waals surface area contributed by atoms with Gasteiger partial charge in [-0.15, -0.1) is 0 Å². The Hall–Kier alpha value is -3.00. The lowest BCUT2D eigenvalue weighted by Gasteiger charge is -2.39. The molecule has 9 nitrogen and oxygen atoms in total. The monoisotopic (exact) mass is 519 g/mol. The molecule has 0 aromatic carbocycles. The number of pyridine rings is 2. The summed E-state index contributed by atoms with van der Waals surface area (Å²) in [7, 11) is -3.60. The number of nitrogens with one attached hydrogen (secondary N) is 2. The first-order chi connectivity index (χ1) is 16.1. The first-order valence-corrected chi connectivity index (χ1v) is 12.4. The number of alkyl halides is 4. The number of carbonyl (C=O) groups excluding carboxylic acids is 1. The topological polar surface area (TPSA) is 114 Å². The van der Waals surface area contributed by atoms with Crippen LogP contribution in [0.1, 0.15) is 35.8 Å². The molecule has 0 aliphatic carbocycles. The summed E-state index contributed by atoms with van der Waals surface area (Å²) in [5.41, 5.74) is 0.282. The lowest BCUT2D eigenvalue weighted by atomic mass is 9.98. The smallest absolute Gasteiger partial charge is 0.394 e. The zero-order chi connectivity index (χ0) is 26.0.